The Kier molecular flexibility index (Phi) is 3.26. The Bertz CT molecular complexity index is 509. The van der Waals surface area contributed by atoms with E-state index in [1.807, 2.05) is 6.07 Å². The molecule has 2 unspecified atom stereocenters. The Morgan fingerprint density at radius 2 is 1.90 bits per heavy atom. The summed E-state index contributed by atoms with van der Waals surface area (Å²) in [6.07, 6.45) is 6.60. The van der Waals surface area contributed by atoms with E-state index in [-0.39, 0.29) is 5.41 Å². The molecule has 1 aliphatic carbocycles. The first kappa shape index (κ1) is 13.3. The van der Waals surface area contributed by atoms with E-state index in [0.717, 1.165) is 38.8 Å². The second kappa shape index (κ2) is 5.13. The Hall–Kier alpha value is -1.35. The first-order chi connectivity index (χ1) is 10.3. The number of nitrogens with zero attached hydrogens (tertiary/aromatic N) is 1. The lowest BCUT2D eigenvalue weighted by atomic mass is 9.94. The number of hydrogen-bond donors (Lipinski definition) is 1. The quantitative estimate of drug-likeness (QED) is 0.924. The maximum atomic E-state index is 13.2. The number of hydrogen-bond acceptors (Lipinski definition) is 2. The molecule has 1 aromatic rings. The van der Waals surface area contributed by atoms with Crippen LogP contribution in [0, 0.1) is 5.41 Å². The minimum absolute atomic E-state index is 0.0769. The third-order valence-corrected chi connectivity index (χ3v) is 5.58. The molecule has 3 heteroatoms. The maximum Gasteiger partial charge on any atom is 0.229 e. The molecule has 1 aromatic carbocycles. The lowest BCUT2D eigenvalue weighted by Crippen LogP contribution is -2.46. The number of carbonyl (C=O) groups is 1. The van der Waals surface area contributed by atoms with E-state index in [2.05, 4.69) is 34.5 Å². The molecule has 2 saturated heterocycles. The van der Waals surface area contributed by atoms with Gasteiger partial charge in [0.05, 0.1) is 5.41 Å². The van der Waals surface area contributed by atoms with E-state index in [0.29, 0.717) is 18.0 Å². The monoisotopic (exact) mass is 284 g/mol. The van der Waals surface area contributed by atoms with Crippen LogP contribution in [-0.4, -0.2) is 36.0 Å². The van der Waals surface area contributed by atoms with Crippen molar-refractivity contribution in [3.05, 3.63) is 35.9 Å². The van der Waals surface area contributed by atoms with Crippen LogP contribution in [0.5, 0.6) is 0 Å². The second-order valence-corrected chi connectivity index (χ2v) is 7.03. The fourth-order valence-electron chi connectivity index (χ4n) is 4.19. The zero-order valence-corrected chi connectivity index (χ0v) is 12.6. The van der Waals surface area contributed by atoms with Gasteiger partial charge in [-0.05, 0) is 50.6 Å². The molecule has 3 fully saturated rings. The van der Waals surface area contributed by atoms with Crippen molar-refractivity contribution in [1.82, 2.24) is 10.2 Å². The molecular weight excluding hydrogens is 260 g/mol. The van der Waals surface area contributed by atoms with Crippen LogP contribution in [0.1, 0.15) is 37.7 Å². The molecule has 4 rings (SSSR count). The molecule has 0 aromatic heterocycles. The van der Waals surface area contributed by atoms with Crippen molar-refractivity contribution >= 4 is 5.91 Å². The highest BCUT2D eigenvalue weighted by atomic mass is 16.2. The summed E-state index contributed by atoms with van der Waals surface area (Å²) >= 11 is 0. The van der Waals surface area contributed by atoms with Crippen molar-refractivity contribution in [3.8, 4) is 0 Å². The third kappa shape index (κ3) is 2.38. The average molecular weight is 284 g/mol. The van der Waals surface area contributed by atoms with Crippen LogP contribution in [0.4, 0.5) is 0 Å². The number of carbonyl (C=O) groups excluding carboxylic acids is 1. The van der Waals surface area contributed by atoms with Gasteiger partial charge in [-0.15, -0.1) is 0 Å². The Labute approximate surface area is 126 Å². The topological polar surface area (TPSA) is 32.3 Å². The molecule has 112 valence electrons. The van der Waals surface area contributed by atoms with Gasteiger partial charge in [0.2, 0.25) is 5.91 Å². The van der Waals surface area contributed by atoms with Crippen molar-refractivity contribution in [1.29, 1.82) is 0 Å². The van der Waals surface area contributed by atoms with Crippen molar-refractivity contribution in [2.75, 3.05) is 13.1 Å². The fraction of sp³-hybridized carbons (Fsp3) is 0.611. The van der Waals surface area contributed by atoms with Gasteiger partial charge >= 0.3 is 0 Å². The van der Waals surface area contributed by atoms with E-state index >= 15 is 0 Å². The standard InChI is InChI=1S/C18H24N2O/c21-17(20-15-6-7-16(20)13-19-11-8-15)18(9-10-18)12-14-4-2-1-3-5-14/h1-5,15-16,19H,6-13H2. The van der Waals surface area contributed by atoms with Gasteiger partial charge in [-0.25, -0.2) is 0 Å². The largest absolute Gasteiger partial charge is 0.335 e. The smallest absolute Gasteiger partial charge is 0.229 e. The van der Waals surface area contributed by atoms with E-state index < -0.39 is 0 Å². The summed E-state index contributed by atoms with van der Waals surface area (Å²) in [5.41, 5.74) is 1.23. The van der Waals surface area contributed by atoms with Gasteiger partial charge < -0.3 is 10.2 Å². The van der Waals surface area contributed by atoms with Gasteiger partial charge in [-0.3, -0.25) is 4.79 Å². The zero-order chi connectivity index (χ0) is 14.3. The van der Waals surface area contributed by atoms with Crippen LogP contribution in [0.15, 0.2) is 30.3 Å². The summed E-state index contributed by atoms with van der Waals surface area (Å²) in [7, 11) is 0. The lowest BCUT2D eigenvalue weighted by molar-refractivity contribution is -0.139. The summed E-state index contributed by atoms with van der Waals surface area (Å²) in [5, 5.41) is 3.49. The Morgan fingerprint density at radius 1 is 1.14 bits per heavy atom. The molecule has 2 atom stereocenters. The maximum absolute atomic E-state index is 13.2. The predicted octanol–water partition coefficient (Wildman–Crippen LogP) is 2.36. The summed E-state index contributed by atoms with van der Waals surface area (Å²) in [4.78, 5) is 15.5. The lowest BCUT2D eigenvalue weighted by Gasteiger charge is -2.32. The Balaban J connectivity index is 1.54. The molecule has 1 saturated carbocycles. The van der Waals surface area contributed by atoms with Crippen LogP contribution in [0.3, 0.4) is 0 Å². The van der Waals surface area contributed by atoms with E-state index in [1.54, 1.807) is 0 Å². The van der Waals surface area contributed by atoms with Crippen LogP contribution in [0.2, 0.25) is 0 Å². The molecule has 0 spiro atoms. The summed E-state index contributed by atoms with van der Waals surface area (Å²) < 4.78 is 0. The average Bonchev–Trinajstić information content (AvgIpc) is 3.19. The molecule has 1 amide bonds. The van der Waals surface area contributed by atoms with Gasteiger partial charge in [-0.1, -0.05) is 30.3 Å². The summed E-state index contributed by atoms with van der Waals surface area (Å²) in [6, 6.07) is 11.5. The molecule has 2 bridgehead atoms. The molecule has 1 N–H and O–H groups in total. The highest BCUT2D eigenvalue weighted by Gasteiger charge is 2.54. The van der Waals surface area contributed by atoms with Gasteiger partial charge in [0.15, 0.2) is 0 Å². The third-order valence-electron chi connectivity index (χ3n) is 5.58. The SMILES string of the molecule is O=C(N1C2CCNCC1CC2)C1(Cc2ccccc2)CC1. The summed E-state index contributed by atoms with van der Waals surface area (Å²) in [5.74, 6) is 0.447. The van der Waals surface area contributed by atoms with Gasteiger partial charge in [-0.2, -0.15) is 0 Å². The van der Waals surface area contributed by atoms with Crippen LogP contribution in [-0.2, 0) is 11.2 Å². The minimum Gasteiger partial charge on any atom is -0.335 e. The zero-order valence-electron chi connectivity index (χ0n) is 12.6. The Morgan fingerprint density at radius 3 is 2.67 bits per heavy atom. The number of nitrogens with one attached hydrogen (secondary N) is 1. The van der Waals surface area contributed by atoms with Crippen LogP contribution < -0.4 is 5.32 Å². The molecular formula is C18H24N2O. The first-order valence-electron chi connectivity index (χ1n) is 8.36. The number of benzene rings is 1. The molecule has 3 nitrogen and oxygen atoms in total. The highest BCUT2D eigenvalue weighted by molar-refractivity contribution is 5.86. The number of rotatable bonds is 3. The predicted molar refractivity (Wildman–Crippen MR) is 83.0 cm³/mol. The van der Waals surface area contributed by atoms with Gasteiger partial charge in [0.25, 0.3) is 0 Å². The normalized spacial score (nSPS) is 30.0. The van der Waals surface area contributed by atoms with Gasteiger partial charge in [0, 0.05) is 18.6 Å². The highest BCUT2D eigenvalue weighted by Crippen LogP contribution is 2.51. The number of fused-ring (bicyclic) bond motifs is 2. The molecule has 21 heavy (non-hydrogen) atoms. The molecule has 2 heterocycles. The van der Waals surface area contributed by atoms with Crippen LogP contribution in [0.25, 0.3) is 0 Å². The fourth-order valence-corrected chi connectivity index (χ4v) is 4.19. The van der Waals surface area contributed by atoms with E-state index in [1.165, 1.54) is 18.4 Å². The van der Waals surface area contributed by atoms with Gasteiger partial charge in [0.1, 0.15) is 0 Å². The second-order valence-electron chi connectivity index (χ2n) is 7.03. The van der Waals surface area contributed by atoms with Crippen molar-refractivity contribution in [3.63, 3.8) is 0 Å². The van der Waals surface area contributed by atoms with E-state index in [9.17, 15) is 4.79 Å². The van der Waals surface area contributed by atoms with Crippen molar-refractivity contribution in [2.45, 2.75) is 50.6 Å². The first-order valence-corrected chi connectivity index (χ1v) is 8.36. The van der Waals surface area contributed by atoms with Crippen LogP contribution >= 0.6 is 0 Å². The minimum atomic E-state index is -0.0769. The van der Waals surface area contributed by atoms with Crippen molar-refractivity contribution < 1.29 is 4.79 Å². The molecule has 0 radical (unpaired) electrons. The van der Waals surface area contributed by atoms with Crippen molar-refractivity contribution in [2.24, 2.45) is 5.41 Å². The molecule has 2 aliphatic heterocycles. The summed E-state index contributed by atoms with van der Waals surface area (Å²) in [6.45, 7) is 2.06. The molecule has 3 aliphatic rings. The number of amides is 1. The van der Waals surface area contributed by atoms with E-state index in [4.69, 9.17) is 0 Å².